The summed E-state index contributed by atoms with van der Waals surface area (Å²) in [5, 5.41) is 6.56. The van der Waals surface area contributed by atoms with Crippen molar-refractivity contribution in [1.82, 2.24) is 5.32 Å². The van der Waals surface area contributed by atoms with Gasteiger partial charge in [-0.2, -0.15) is 0 Å². The third-order valence-corrected chi connectivity index (χ3v) is 5.72. The summed E-state index contributed by atoms with van der Waals surface area (Å²) in [6.07, 6.45) is 1.22. The van der Waals surface area contributed by atoms with Gasteiger partial charge < -0.3 is 24.5 Å². The predicted molar refractivity (Wildman–Crippen MR) is 111 cm³/mol. The van der Waals surface area contributed by atoms with E-state index in [0.717, 1.165) is 32.4 Å². The minimum atomic E-state index is -0.543. The quantitative estimate of drug-likeness (QED) is 0.740. The molecule has 0 aliphatic carbocycles. The summed E-state index contributed by atoms with van der Waals surface area (Å²) in [6, 6.07) is 4.80. The normalized spacial score (nSPS) is 23.8. The summed E-state index contributed by atoms with van der Waals surface area (Å²) < 4.78 is 25.6. The van der Waals surface area contributed by atoms with Crippen LogP contribution in [0.1, 0.15) is 33.1 Å². The van der Waals surface area contributed by atoms with Gasteiger partial charge in [0.05, 0.1) is 24.5 Å². The zero-order valence-corrected chi connectivity index (χ0v) is 17.7. The highest BCUT2D eigenvalue weighted by Crippen LogP contribution is 2.31. The van der Waals surface area contributed by atoms with E-state index in [-0.39, 0.29) is 31.1 Å². The number of nitrogens with one attached hydrogen (secondary N) is 1. The summed E-state index contributed by atoms with van der Waals surface area (Å²) in [4.78, 5) is 31.7. The van der Waals surface area contributed by atoms with Gasteiger partial charge in [-0.1, -0.05) is 0 Å². The van der Waals surface area contributed by atoms with E-state index in [1.807, 2.05) is 4.90 Å². The molecule has 1 N–H and O–H groups in total. The van der Waals surface area contributed by atoms with Gasteiger partial charge >= 0.3 is 6.09 Å². The lowest BCUT2D eigenvalue weighted by Crippen LogP contribution is -2.35. The van der Waals surface area contributed by atoms with Crippen LogP contribution in [0.3, 0.4) is 0 Å². The van der Waals surface area contributed by atoms with Gasteiger partial charge in [0.1, 0.15) is 11.9 Å². The molecule has 2 fully saturated rings. The molecule has 31 heavy (non-hydrogen) atoms. The molecule has 4 rings (SSSR count). The number of cyclic esters (lactones) is 1. The van der Waals surface area contributed by atoms with Crippen molar-refractivity contribution in [2.45, 2.75) is 45.5 Å². The number of oxime groups is 1. The lowest BCUT2D eigenvalue weighted by Gasteiger charge is -2.33. The Labute approximate surface area is 180 Å². The van der Waals surface area contributed by atoms with Gasteiger partial charge in [0, 0.05) is 33.4 Å². The maximum atomic E-state index is 14.9. The molecule has 2 amide bonds. The standard InChI is InChI=1S/C21H27FN4O5/c1-13(27)23-11-17-12-26(21(28)30-17)16-3-4-19(18(22)10-16)25-7-5-15(6-8-25)9-20-24-31-14(2)29-20/h3-4,10,14-15,17H,5-9,11-12H2,1-2H3,(H,23,27)/t14?,17-/m0/s1. The molecule has 1 unspecified atom stereocenters. The zero-order chi connectivity index (χ0) is 22.0. The van der Waals surface area contributed by atoms with Crippen molar-refractivity contribution in [1.29, 1.82) is 0 Å². The second kappa shape index (κ2) is 8.99. The minimum absolute atomic E-state index is 0.194. The third-order valence-electron chi connectivity index (χ3n) is 5.72. The van der Waals surface area contributed by atoms with E-state index in [1.165, 1.54) is 17.9 Å². The molecular formula is C21H27FN4O5. The Balaban J connectivity index is 1.33. The van der Waals surface area contributed by atoms with Crippen LogP contribution in [0.25, 0.3) is 0 Å². The molecule has 3 heterocycles. The summed E-state index contributed by atoms with van der Waals surface area (Å²) in [5.74, 6) is 0.488. The number of piperidine rings is 1. The number of hydrogen-bond acceptors (Lipinski definition) is 7. The van der Waals surface area contributed by atoms with Crippen molar-refractivity contribution in [3.63, 3.8) is 0 Å². The molecule has 0 bridgehead atoms. The highest BCUT2D eigenvalue weighted by Gasteiger charge is 2.33. The third kappa shape index (κ3) is 5.00. The number of carbonyl (C=O) groups is 2. The van der Waals surface area contributed by atoms with Crippen molar-refractivity contribution in [3.05, 3.63) is 24.0 Å². The molecule has 0 aromatic heterocycles. The van der Waals surface area contributed by atoms with Crippen LogP contribution in [0.5, 0.6) is 0 Å². The molecule has 0 spiro atoms. The van der Waals surface area contributed by atoms with E-state index in [1.54, 1.807) is 19.1 Å². The van der Waals surface area contributed by atoms with Crippen molar-refractivity contribution >= 4 is 29.3 Å². The molecule has 3 aliphatic heterocycles. The van der Waals surface area contributed by atoms with E-state index in [9.17, 15) is 14.0 Å². The Morgan fingerprint density at radius 2 is 2.06 bits per heavy atom. The SMILES string of the molecule is CC(=O)NC[C@H]1CN(c2ccc(N3CCC(CC4=NOC(C)O4)CC3)c(F)c2)C(=O)O1. The molecule has 2 saturated heterocycles. The minimum Gasteiger partial charge on any atom is -0.442 e. The average molecular weight is 434 g/mol. The molecule has 0 saturated carbocycles. The van der Waals surface area contributed by atoms with Gasteiger partial charge in [-0.15, -0.1) is 0 Å². The largest absolute Gasteiger partial charge is 0.442 e. The average Bonchev–Trinajstić information content (AvgIpc) is 3.32. The number of hydrogen-bond donors (Lipinski definition) is 1. The molecule has 1 aromatic rings. The molecule has 10 heteroatoms. The fraction of sp³-hybridized carbons (Fsp3) is 0.571. The van der Waals surface area contributed by atoms with Crippen molar-refractivity contribution in [2.24, 2.45) is 11.1 Å². The first-order valence-corrected chi connectivity index (χ1v) is 10.6. The van der Waals surface area contributed by atoms with Crippen LogP contribution in [0.4, 0.5) is 20.6 Å². The summed E-state index contributed by atoms with van der Waals surface area (Å²) in [7, 11) is 0. The van der Waals surface area contributed by atoms with E-state index >= 15 is 0 Å². The topological polar surface area (TPSA) is 92.7 Å². The molecule has 2 atom stereocenters. The number of benzene rings is 1. The number of amides is 2. The number of halogens is 1. The van der Waals surface area contributed by atoms with E-state index < -0.39 is 12.2 Å². The zero-order valence-electron chi connectivity index (χ0n) is 17.7. The maximum absolute atomic E-state index is 14.9. The Morgan fingerprint density at radius 1 is 1.29 bits per heavy atom. The lowest BCUT2D eigenvalue weighted by atomic mass is 9.93. The molecule has 0 radical (unpaired) electrons. The summed E-state index contributed by atoms with van der Waals surface area (Å²) in [6.45, 7) is 5.16. The Hall–Kier alpha value is -3.04. The lowest BCUT2D eigenvalue weighted by molar-refractivity contribution is -0.119. The van der Waals surface area contributed by atoms with Gasteiger partial charge in [0.25, 0.3) is 6.29 Å². The van der Waals surface area contributed by atoms with E-state index in [2.05, 4.69) is 10.5 Å². The monoisotopic (exact) mass is 434 g/mol. The number of ether oxygens (including phenoxy) is 2. The number of nitrogens with zero attached hydrogens (tertiary/aromatic N) is 3. The predicted octanol–water partition coefficient (Wildman–Crippen LogP) is 2.60. The number of carbonyl (C=O) groups excluding carboxylic acids is 2. The summed E-state index contributed by atoms with van der Waals surface area (Å²) >= 11 is 0. The van der Waals surface area contributed by atoms with Gasteiger partial charge in [0.2, 0.25) is 11.8 Å². The van der Waals surface area contributed by atoms with E-state index in [4.69, 9.17) is 14.3 Å². The van der Waals surface area contributed by atoms with Gasteiger partial charge in [-0.25, -0.2) is 9.18 Å². The first-order valence-electron chi connectivity index (χ1n) is 10.6. The molecular weight excluding hydrogens is 407 g/mol. The molecule has 3 aliphatic rings. The van der Waals surface area contributed by atoms with Gasteiger partial charge in [-0.3, -0.25) is 9.69 Å². The molecule has 1 aromatic carbocycles. The fourth-order valence-electron chi connectivity index (χ4n) is 4.09. The van der Waals surface area contributed by atoms with Crippen LogP contribution in [0, 0.1) is 11.7 Å². The second-order valence-electron chi connectivity index (χ2n) is 8.10. The van der Waals surface area contributed by atoms with Crippen LogP contribution in [0.2, 0.25) is 0 Å². The highest BCUT2D eigenvalue weighted by molar-refractivity contribution is 5.90. The highest BCUT2D eigenvalue weighted by atomic mass is 19.1. The summed E-state index contributed by atoms with van der Waals surface area (Å²) in [5.41, 5.74) is 0.966. The first kappa shape index (κ1) is 21.2. The molecule has 168 valence electrons. The van der Waals surface area contributed by atoms with Crippen molar-refractivity contribution in [3.8, 4) is 0 Å². The van der Waals surface area contributed by atoms with Crippen molar-refractivity contribution < 1.29 is 28.3 Å². The van der Waals surface area contributed by atoms with E-state index in [0.29, 0.717) is 23.2 Å². The Kier molecular flexibility index (Phi) is 6.15. The fourth-order valence-corrected chi connectivity index (χ4v) is 4.09. The van der Waals surface area contributed by atoms with Crippen molar-refractivity contribution in [2.75, 3.05) is 36.0 Å². The Bertz CT molecular complexity index is 871. The smallest absolute Gasteiger partial charge is 0.414 e. The molecule has 9 nitrogen and oxygen atoms in total. The second-order valence-corrected chi connectivity index (χ2v) is 8.10. The maximum Gasteiger partial charge on any atom is 0.414 e. The van der Waals surface area contributed by atoms with Gasteiger partial charge in [0.15, 0.2) is 0 Å². The van der Waals surface area contributed by atoms with Crippen LogP contribution in [-0.4, -0.2) is 56.5 Å². The Morgan fingerprint density at radius 3 is 2.71 bits per heavy atom. The van der Waals surface area contributed by atoms with Crippen LogP contribution in [0.15, 0.2) is 23.4 Å². The van der Waals surface area contributed by atoms with Crippen LogP contribution in [-0.2, 0) is 19.1 Å². The number of anilines is 2. The van der Waals surface area contributed by atoms with Gasteiger partial charge in [-0.05, 0) is 42.1 Å². The van der Waals surface area contributed by atoms with Crippen LogP contribution < -0.4 is 15.1 Å². The first-order chi connectivity index (χ1) is 14.9. The van der Waals surface area contributed by atoms with Crippen LogP contribution >= 0.6 is 0 Å². The number of rotatable bonds is 6.